The summed E-state index contributed by atoms with van der Waals surface area (Å²) in [5.74, 6) is -0.819. The lowest BCUT2D eigenvalue weighted by atomic mass is 10.1. The van der Waals surface area contributed by atoms with Crippen LogP contribution in [0.25, 0.3) is 0 Å². The molecular weight excluding hydrogens is 310 g/mol. The summed E-state index contributed by atoms with van der Waals surface area (Å²) in [4.78, 5) is 0. The van der Waals surface area contributed by atoms with E-state index in [1.54, 1.807) is 6.07 Å². The van der Waals surface area contributed by atoms with E-state index < -0.39 is 17.6 Å². The van der Waals surface area contributed by atoms with Gasteiger partial charge in [0.2, 0.25) is 0 Å². The Morgan fingerprint density at radius 2 is 1.81 bits per heavy atom. The predicted molar refractivity (Wildman–Crippen MR) is 67.6 cm³/mol. The van der Waals surface area contributed by atoms with Crippen molar-refractivity contribution >= 4 is 11.6 Å². The first-order valence-electron chi connectivity index (χ1n) is 5.55. The normalized spacial score (nSPS) is 11.0. The van der Waals surface area contributed by atoms with Crippen molar-refractivity contribution in [1.29, 1.82) is 5.26 Å². The van der Waals surface area contributed by atoms with E-state index in [1.807, 2.05) is 0 Å². The van der Waals surface area contributed by atoms with Gasteiger partial charge in [-0.2, -0.15) is 18.4 Å². The Morgan fingerprint density at radius 1 is 1.10 bits per heavy atom. The molecule has 0 radical (unpaired) electrons. The van der Waals surface area contributed by atoms with Gasteiger partial charge in [0.1, 0.15) is 23.4 Å². The first kappa shape index (κ1) is 15.1. The van der Waals surface area contributed by atoms with Crippen molar-refractivity contribution in [2.24, 2.45) is 0 Å². The van der Waals surface area contributed by atoms with Gasteiger partial charge in [-0.05, 0) is 30.3 Å². The third-order valence-corrected chi connectivity index (χ3v) is 2.85. The molecule has 0 bridgehead atoms. The highest BCUT2D eigenvalue weighted by molar-refractivity contribution is 6.30. The van der Waals surface area contributed by atoms with Crippen LogP contribution >= 0.6 is 11.6 Å². The van der Waals surface area contributed by atoms with Gasteiger partial charge in [0, 0.05) is 6.07 Å². The quantitative estimate of drug-likeness (QED) is 0.717. The standard InChI is InChI=1S/C14H6ClF4NO/c15-11-3-2-10(6-12(11)16)21-13-4-1-9(14(17,18)19)5-8(13)7-20/h1-6H. The Morgan fingerprint density at radius 3 is 2.38 bits per heavy atom. The molecule has 2 aromatic rings. The molecule has 7 heteroatoms. The van der Waals surface area contributed by atoms with Gasteiger partial charge >= 0.3 is 6.18 Å². The number of alkyl halides is 3. The summed E-state index contributed by atoms with van der Waals surface area (Å²) in [7, 11) is 0. The molecule has 0 N–H and O–H groups in total. The van der Waals surface area contributed by atoms with Gasteiger partial charge in [-0.15, -0.1) is 0 Å². The fraction of sp³-hybridized carbons (Fsp3) is 0.0714. The van der Waals surface area contributed by atoms with Crippen molar-refractivity contribution in [3.63, 3.8) is 0 Å². The summed E-state index contributed by atoms with van der Waals surface area (Å²) in [6, 6.07) is 7.62. The van der Waals surface area contributed by atoms with Gasteiger partial charge < -0.3 is 4.74 Å². The van der Waals surface area contributed by atoms with Crippen LogP contribution in [0.5, 0.6) is 11.5 Å². The molecular formula is C14H6ClF4NO. The molecule has 0 saturated carbocycles. The minimum absolute atomic E-state index is 0.0214. The van der Waals surface area contributed by atoms with Crippen LogP contribution in [0.2, 0.25) is 5.02 Å². The average molecular weight is 316 g/mol. The molecule has 108 valence electrons. The monoisotopic (exact) mass is 315 g/mol. The van der Waals surface area contributed by atoms with Gasteiger partial charge in [-0.1, -0.05) is 11.6 Å². The minimum Gasteiger partial charge on any atom is -0.456 e. The number of ether oxygens (including phenoxy) is 1. The van der Waals surface area contributed by atoms with Crippen LogP contribution in [0.4, 0.5) is 17.6 Å². The van der Waals surface area contributed by atoms with Crippen LogP contribution in [0.15, 0.2) is 36.4 Å². The Balaban J connectivity index is 2.36. The van der Waals surface area contributed by atoms with Crippen LogP contribution < -0.4 is 4.74 Å². The smallest absolute Gasteiger partial charge is 0.416 e. The number of benzene rings is 2. The lowest BCUT2D eigenvalue weighted by Crippen LogP contribution is -2.05. The summed E-state index contributed by atoms with van der Waals surface area (Å²) in [6.45, 7) is 0. The molecule has 0 unspecified atom stereocenters. The van der Waals surface area contributed by atoms with E-state index in [-0.39, 0.29) is 22.1 Å². The summed E-state index contributed by atoms with van der Waals surface area (Å²) >= 11 is 5.51. The van der Waals surface area contributed by atoms with Gasteiger partial charge in [0.25, 0.3) is 0 Å². The zero-order valence-electron chi connectivity index (χ0n) is 10.2. The molecule has 2 aromatic carbocycles. The summed E-state index contributed by atoms with van der Waals surface area (Å²) < 4.78 is 56.1. The summed E-state index contributed by atoms with van der Waals surface area (Å²) in [6.07, 6.45) is -4.56. The molecule has 0 aliphatic rings. The topological polar surface area (TPSA) is 33.0 Å². The number of hydrogen-bond donors (Lipinski definition) is 0. The molecule has 0 aromatic heterocycles. The van der Waals surface area contributed by atoms with E-state index in [0.717, 1.165) is 18.2 Å². The van der Waals surface area contributed by atoms with Gasteiger partial charge in [-0.25, -0.2) is 4.39 Å². The highest BCUT2D eigenvalue weighted by Gasteiger charge is 2.31. The van der Waals surface area contributed by atoms with Crippen molar-refractivity contribution in [3.05, 3.63) is 58.4 Å². The number of nitrogens with zero attached hydrogens (tertiary/aromatic N) is 1. The van der Waals surface area contributed by atoms with Crippen molar-refractivity contribution in [3.8, 4) is 17.6 Å². The Labute approximate surface area is 122 Å². The van der Waals surface area contributed by atoms with Crippen LogP contribution in [0.1, 0.15) is 11.1 Å². The maximum Gasteiger partial charge on any atom is 0.416 e. The van der Waals surface area contributed by atoms with Gasteiger partial charge in [0.05, 0.1) is 16.1 Å². The second kappa shape index (κ2) is 5.62. The van der Waals surface area contributed by atoms with E-state index >= 15 is 0 Å². The fourth-order valence-electron chi connectivity index (χ4n) is 1.55. The van der Waals surface area contributed by atoms with Crippen LogP contribution in [0, 0.1) is 17.1 Å². The number of hydrogen-bond acceptors (Lipinski definition) is 2. The number of rotatable bonds is 2. The number of halogens is 5. The SMILES string of the molecule is N#Cc1cc(C(F)(F)F)ccc1Oc1ccc(Cl)c(F)c1. The molecule has 0 spiro atoms. The van der Waals surface area contributed by atoms with E-state index in [0.29, 0.717) is 6.07 Å². The Kier molecular flexibility index (Phi) is 4.05. The second-order valence-electron chi connectivity index (χ2n) is 4.00. The highest BCUT2D eigenvalue weighted by Crippen LogP contribution is 2.34. The molecule has 0 atom stereocenters. The number of nitriles is 1. The van der Waals surface area contributed by atoms with Crippen LogP contribution in [0.3, 0.4) is 0 Å². The highest BCUT2D eigenvalue weighted by atomic mass is 35.5. The van der Waals surface area contributed by atoms with E-state index in [2.05, 4.69) is 0 Å². The largest absolute Gasteiger partial charge is 0.456 e. The van der Waals surface area contributed by atoms with Crippen LogP contribution in [-0.2, 0) is 6.18 Å². The lowest BCUT2D eigenvalue weighted by molar-refractivity contribution is -0.137. The van der Waals surface area contributed by atoms with E-state index in [9.17, 15) is 17.6 Å². The molecule has 0 fully saturated rings. The van der Waals surface area contributed by atoms with E-state index in [4.69, 9.17) is 21.6 Å². The molecule has 0 heterocycles. The zero-order chi connectivity index (χ0) is 15.6. The van der Waals surface area contributed by atoms with Crippen LogP contribution in [-0.4, -0.2) is 0 Å². The minimum atomic E-state index is -4.56. The van der Waals surface area contributed by atoms with Gasteiger partial charge in [-0.3, -0.25) is 0 Å². The van der Waals surface area contributed by atoms with Gasteiger partial charge in [0.15, 0.2) is 0 Å². The maximum absolute atomic E-state index is 13.3. The Hall–Kier alpha value is -2.26. The molecule has 0 aliphatic carbocycles. The van der Waals surface area contributed by atoms with Crippen molar-refractivity contribution < 1.29 is 22.3 Å². The molecule has 0 amide bonds. The van der Waals surface area contributed by atoms with Crippen molar-refractivity contribution in [2.75, 3.05) is 0 Å². The average Bonchev–Trinajstić information content (AvgIpc) is 2.42. The third-order valence-electron chi connectivity index (χ3n) is 2.55. The summed E-state index contributed by atoms with van der Waals surface area (Å²) in [5.41, 5.74) is -1.27. The summed E-state index contributed by atoms with van der Waals surface area (Å²) in [5, 5.41) is 8.78. The predicted octanol–water partition coefficient (Wildman–Crippen LogP) is 5.16. The molecule has 2 nitrogen and oxygen atoms in total. The maximum atomic E-state index is 13.3. The zero-order valence-corrected chi connectivity index (χ0v) is 11.0. The lowest BCUT2D eigenvalue weighted by Gasteiger charge is -2.11. The molecule has 21 heavy (non-hydrogen) atoms. The molecule has 2 rings (SSSR count). The first-order chi connectivity index (χ1) is 9.81. The molecule has 0 saturated heterocycles. The fourth-order valence-corrected chi connectivity index (χ4v) is 1.67. The Bertz CT molecular complexity index is 722. The van der Waals surface area contributed by atoms with E-state index in [1.165, 1.54) is 12.1 Å². The first-order valence-corrected chi connectivity index (χ1v) is 5.93. The third kappa shape index (κ3) is 3.44. The molecule has 0 aliphatic heterocycles. The second-order valence-corrected chi connectivity index (χ2v) is 4.41. The van der Waals surface area contributed by atoms with Crippen molar-refractivity contribution in [1.82, 2.24) is 0 Å². The van der Waals surface area contributed by atoms with Crippen molar-refractivity contribution in [2.45, 2.75) is 6.18 Å².